The number of carbonyl (C=O) groups is 1. The molecule has 1 fully saturated rings. The highest BCUT2D eigenvalue weighted by atomic mass is 79.9. The first-order chi connectivity index (χ1) is 16.3. The number of ether oxygens (including phenoxy) is 2. The normalized spacial score (nSPS) is 24.9. The molecule has 0 amide bonds. The average molecular weight is 593 g/mol. The van der Waals surface area contributed by atoms with Crippen LogP contribution in [0.15, 0.2) is 33.2 Å². The Kier molecular flexibility index (Phi) is 8.20. The number of nitrogens with zero attached hydrogens (tertiary/aromatic N) is 5. The number of halogens is 2. The topological polar surface area (TPSA) is 153 Å². The summed E-state index contributed by atoms with van der Waals surface area (Å²) < 4.78 is 13.9. The van der Waals surface area contributed by atoms with Crippen LogP contribution in [-0.2, 0) is 9.47 Å². The van der Waals surface area contributed by atoms with E-state index in [0.717, 1.165) is 11.8 Å². The van der Waals surface area contributed by atoms with E-state index in [9.17, 15) is 20.1 Å². The maximum Gasteiger partial charge on any atom is 0.355 e. The van der Waals surface area contributed by atoms with Crippen molar-refractivity contribution in [3.63, 3.8) is 0 Å². The monoisotopic (exact) mass is 591 g/mol. The van der Waals surface area contributed by atoms with Crippen LogP contribution in [0.1, 0.15) is 23.5 Å². The predicted molar refractivity (Wildman–Crippen MR) is 127 cm³/mol. The number of aromatic carboxylic acids is 1. The largest absolute Gasteiger partial charge is 0.476 e. The molecule has 11 nitrogen and oxygen atoms in total. The molecule has 3 aromatic heterocycles. The second-order valence-electron chi connectivity index (χ2n) is 7.11. The van der Waals surface area contributed by atoms with Gasteiger partial charge in [0.05, 0.1) is 12.8 Å². The Morgan fingerprint density at radius 3 is 2.91 bits per heavy atom. The molecule has 0 aliphatic carbocycles. The zero-order valence-electron chi connectivity index (χ0n) is 17.5. The Morgan fingerprint density at radius 2 is 2.26 bits per heavy atom. The maximum absolute atomic E-state index is 11.7. The van der Waals surface area contributed by atoms with Crippen molar-refractivity contribution in [2.24, 2.45) is 0 Å². The number of hydrogen-bond acceptors (Lipinski definition) is 11. The van der Waals surface area contributed by atoms with Gasteiger partial charge in [-0.25, -0.2) is 19.4 Å². The molecule has 5 atom stereocenters. The first-order valence-electron chi connectivity index (χ1n) is 9.97. The van der Waals surface area contributed by atoms with Crippen molar-refractivity contribution in [2.45, 2.75) is 41.6 Å². The van der Waals surface area contributed by atoms with Crippen LogP contribution in [0.4, 0.5) is 0 Å². The van der Waals surface area contributed by atoms with Crippen LogP contribution in [0.25, 0.3) is 10.7 Å². The van der Waals surface area contributed by atoms with Crippen molar-refractivity contribution < 1.29 is 29.6 Å². The Labute approximate surface area is 215 Å². The predicted octanol–water partition coefficient (Wildman–Crippen LogP) is 2.73. The van der Waals surface area contributed by atoms with Gasteiger partial charge in [-0.1, -0.05) is 28.6 Å². The fraction of sp³-hybridized carbons (Fsp3) is 0.421. The standard InChI is InChI=1S/C19H19BrClN5O6S2/c1-2-31-16-14(26-5-9(24-25-26)17-23-12(21)7-33-17)15(28)10(6-27)32-19(16)34-11-3-8(20)4-22-13(11)18(29)30/h3-5,7,10,14-16,19,27-28H,2,6H2,1H3,(H,29,30). The lowest BCUT2D eigenvalue weighted by atomic mass is 9.97. The minimum atomic E-state index is -1.20. The molecule has 0 saturated carbocycles. The van der Waals surface area contributed by atoms with Crippen molar-refractivity contribution in [1.82, 2.24) is 25.0 Å². The zero-order valence-corrected chi connectivity index (χ0v) is 21.5. The third-order valence-corrected chi connectivity index (χ3v) is 7.76. The summed E-state index contributed by atoms with van der Waals surface area (Å²) >= 11 is 11.6. The van der Waals surface area contributed by atoms with Crippen LogP contribution in [0.5, 0.6) is 0 Å². The number of hydrogen-bond donors (Lipinski definition) is 3. The van der Waals surface area contributed by atoms with E-state index in [1.54, 1.807) is 24.6 Å². The summed E-state index contributed by atoms with van der Waals surface area (Å²) in [7, 11) is 0. The summed E-state index contributed by atoms with van der Waals surface area (Å²) in [4.78, 5) is 20.2. The Bertz CT molecular complexity index is 1170. The Hall–Kier alpha value is -1.65. The summed E-state index contributed by atoms with van der Waals surface area (Å²) in [5, 5.41) is 41.3. The van der Waals surface area contributed by atoms with E-state index in [2.05, 4.69) is 36.2 Å². The van der Waals surface area contributed by atoms with Gasteiger partial charge < -0.3 is 24.8 Å². The number of pyridine rings is 1. The molecule has 4 rings (SSSR count). The van der Waals surface area contributed by atoms with Gasteiger partial charge in [0.2, 0.25) is 0 Å². The molecule has 3 N–H and O–H groups in total. The van der Waals surface area contributed by atoms with E-state index in [1.807, 2.05) is 0 Å². The lowest BCUT2D eigenvalue weighted by molar-refractivity contribution is -0.191. The van der Waals surface area contributed by atoms with Gasteiger partial charge in [0.25, 0.3) is 0 Å². The third kappa shape index (κ3) is 5.28. The van der Waals surface area contributed by atoms with Gasteiger partial charge >= 0.3 is 5.97 Å². The van der Waals surface area contributed by atoms with Crippen molar-refractivity contribution in [3.8, 4) is 10.7 Å². The van der Waals surface area contributed by atoms with E-state index >= 15 is 0 Å². The highest BCUT2D eigenvalue weighted by Gasteiger charge is 2.48. The second kappa shape index (κ2) is 11.0. The number of carboxylic acid groups (broad SMARTS) is 1. The van der Waals surface area contributed by atoms with Crippen LogP contribution in [0.2, 0.25) is 5.15 Å². The molecule has 0 radical (unpaired) electrons. The van der Waals surface area contributed by atoms with E-state index in [4.69, 9.17) is 21.1 Å². The molecule has 15 heteroatoms. The number of rotatable bonds is 8. The number of aliphatic hydroxyl groups is 2. The fourth-order valence-electron chi connectivity index (χ4n) is 3.52. The number of thiazole rings is 1. The number of aliphatic hydroxyl groups excluding tert-OH is 2. The lowest BCUT2D eigenvalue weighted by Crippen LogP contribution is -2.56. The number of aromatic nitrogens is 5. The lowest BCUT2D eigenvalue weighted by Gasteiger charge is -2.43. The summed E-state index contributed by atoms with van der Waals surface area (Å²) in [6, 6.07) is 0.815. The minimum absolute atomic E-state index is 0.154. The average Bonchev–Trinajstić information content (AvgIpc) is 3.45. The molecule has 1 saturated heterocycles. The second-order valence-corrected chi connectivity index (χ2v) is 10.4. The first kappa shape index (κ1) is 25.4. The Morgan fingerprint density at radius 1 is 1.47 bits per heavy atom. The van der Waals surface area contributed by atoms with Crippen LogP contribution in [0, 0.1) is 0 Å². The smallest absolute Gasteiger partial charge is 0.355 e. The van der Waals surface area contributed by atoms with Crippen LogP contribution in [0.3, 0.4) is 0 Å². The molecule has 0 aromatic carbocycles. The van der Waals surface area contributed by atoms with Gasteiger partial charge in [0.15, 0.2) is 5.69 Å². The van der Waals surface area contributed by atoms with Crippen LogP contribution in [-0.4, -0.2) is 83.2 Å². The van der Waals surface area contributed by atoms with Gasteiger partial charge in [-0.15, -0.1) is 16.4 Å². The van der Waals surface area contributed by atoms with E-state index in [0.29, 0.717) is 25.2 Å². The molecule has 34 heavy (non-hydrogen) atoms. The van der Waals surface area contributed by atoms with Gasteiger partial charge in [-0.3, -0.25) is 0 Å². The van der Waals surface area contributed by atoms with Crippen molar-refractivity contribution in [1.29, 1.82) is 0 Å². The van der Waals surface area contributed by atoms with Crippen molar-refractivity contribution in [2.75, 3.05) is 13.2 Å². The quantitative estimate of drug-likeness (QED) is 0.354. The highest BCUT2D eigenvalue weighted by Crippen LogP contribution is 2.41. The molecule has 0 spiro atoms. The summed E-state index contributed by atoms with van der Waals surface area (Å²) in [5.41, 5.74) is -0.499. The third-order valence-electron chi connectivity index (χ3n) is 4.96. The molecule has 0 bridgehead atoms. The first-order valence-corrected chi connectivity index (χ1v) is 12.9. The summed E-state index contributed by atoms with van der Waals surface area (Å²) in [6.45, 7) is 1.60. The van der Waals surface area contributed by atoms with E-state index < -0.39 is 42.4 Å². The Balaban J connectivity index is 1.71. The minimum Gasteiger partial charge on any atom is -0.476 e. The molecule has 1 aliphatic rings. The zero-order chi connectivity index (χ0) is 24.4. The fourth-order valence-corrected chi connectivity index (χ4v) is 6.16. The van der Waals surface area contributed by atoms with Gasteiger partial charge in [-0.05, 0) is 28.9 Å². The van der Waals surface area contributed by atoms with Gasteiger partial charge in [0, 0.05) is 27.6 Å². The highest BCUT2D eigenvalue weighted by molar-refractivity contribution is 9.10. The molecule has 1 aliphatic heterocycles. The van der Waals surface area contributed by atoms with E-state index in [-0.39, 0.29) is 12.3 Å². The molecule has 5 unspecified atom stereocenters. The molecule has 3 aromatic rings. The van der Waals surface area contributed by atoms with Crippen LogP contribution >= 0.6 is 50.6 Å². The van der Waals surface area contributed by atoms with Gasteiger partial charge in [0.1, 0.15) is 45.6 Å². The molecular weight excluding hydrogens is 574 g/mol. The van der Waals surface area contributed by atoms with Crippen LogP contribution < -0.4 is 0 Å². The van der Waals surface area contributed by atoms with Crippen molar-refractivity contribution in [3.05, 3.63) is 39.2 Å². The van der Waals surface area contributed by atoms with Gasteiger partial charge in [-0.2, -0.15) is 0 Å². The number of carboxylic acids is 1. The molecule has 182 valence electrons. The van der Waals surface area contributed by atoms with E-state index in [1.165, 1.54) is 22.2 Å². The van der Waals surface area contributed by atoms with Crippen molar-refractivity contribution >= 4 is 56.6 Å². The maximum atomic E-state index is 11.7. The summed E-state index contributed by atoms with van der Waals surface area (Å²) in [6.07, 6.45) is 0.0601. The number of thioether (sulfide) groups is 1. The molecule has 4 heterocycles. The molecular formula is C19H19BrClN5O6S2. The summed E-state index contributed by atoms with van der Waals surface area (Å²) in [5.74, 6) is -1.20. The SMILES string of the molecule is CCOC1C(Sc2cc(Br)cnc2C(=O)O)OC(CO)C(O)C1n1cc(-c2nc(Cl)cs2)nn1.